The summed E-state index contributed by atoms with van der Waals surface area (Å²) in [5.74, 6) is -1.31. The molecule has 0 bridgehead atoms. The van der Waals surface area contributed by atoms with Gasteiger partial charge in [-0.3, -0.25) is 23.0 Å². The van der Waals surface area contributed by atoms with E-state index in [9.17, 15) is 92.1 Å². The standard InChI is InChI=1S/C55H80N4O26S4/c1-54(2)38-31-35(89(77,78)79)18-20-40(38)58(43(54)15-7-4-6-14-39-36-19-17-34(88(74,75)76)30-37(36)55(3,21-9-12-28-86(68,69)70)59(39)24-11-13-29-87(71,72)73)23-10-5-8-16-44(62)57-22-25-80-26-27-81-51-49(47(65)45(63)41(32-60)82-51)84-52-50(85-53(56)67)48(66)46(64)42(33-61)83-52/h4,6-7,14-15,17-20,30-31,41-42,45-52,60-61,63-66H,5,8-13,16,21-29,32-33H2,1-3H3,(H6-,56,57,62,67,68,69,70,71,72,73,74,75,76,77,78,79)/p+1/t41-,42+,45+,46+,47-,48-,49-,50-,51?,52+,55?/m0/s1. The number of aliphatic hydroxyl groups is 6. The predicted octanol–water partition coefficient (Wildman–Crippen LogP) is 0.168. The molecule has 13 N–H and O–H groups in total. The monoisotopic (exact) mass is 1340 g/mol. The third-order valence-electron chi connectivity index (χ3n) is 15.8. The Balaban J connectivity index is 1.07. The van der Waals surface area contributed by atoms with Crippen molar-refractivity contribution >= 4 is 63.9 Å². The second-order valence-electron chi connectivity index (χ2n) is 22.5. The average Bonchev–Trinajstić information content (AvgIpc) is 1.62. The number of primary amides is 1. The number of benzene rings is 2. The number of hydrogen-bond donors (Lipinski definition) is 12. The fraction of sp³-hybridized carbons (Fsp3) is 0.618. The van der Waals surface area contributed by atoms with Crippen LogP contribution < -0.4 is 16.0 Å². The van der Waals surface area contributed by atoms with Crippen LogP contribution in [0.15, 0.2) is 82.3 Å². The molecule has 4 heterocycles. The fourth-order valence-electron chi connectivity index (χ4n) is 11.3. The number of allylic oxidation sites excluding steroid dienone is 6. The van der Waals surface area contributed by atoms with Gasteiger partial charge in [-0.05, 0) is 80.1 Å². The second kappa shape index (κ2) is 31.1. The number of hydrogen-bond acceptors (Lipinski definition) is 23. The SMILES string of the molecule is CC1(C)/C(=C/C=C/C=C/C2=[N+](CCCCS(=O)(=O)O)C(C)(CCCCS(=O)(=O)O)c3cc(S(=O)(=O)O)ccc32)N(CCCCCC(=O)NCCOCCOC2O[C@@H](CO)[C@@H](O)[C@H](O)[C@@H]2O[C@H]2O[C@H](CO)[C@@H](O)[C@H](O)[C@@H]2OC(N)=O)c2ccc(S(=O)(=O)O)cc21. The van der Waals surface area contributed by atoms with Crippen LogP contribution in [0.25, 0.3) is 0 Å². The van der Waals surface area contributed by atoms with Gasteiger partial charge in [-0.15, -0.1) is 0 Å². The zero-order valence-corrected chi connectivity index (χ0v) is 52.4. The van der Waals surface area contributed by atoms with E-state index in [-0.39, 0.29) is 87.1 Å². The van der Waals surface area contributed by atoms with E-state index in [4.69, 9.17) is 34.2 Å². The molecule has 30 nitrogen and oxygen atoms in total. The molecule has 2 aromatic carbocycles. The Labute approximate surface area is 516 Å². The van der Waals surface area contributed by atoms with Gasteiger partial charge in [-0.1, -0.05) is 38.5 Å². The zero-order chi connectivity index (χ0) is 65.9. The summed E-state index contributed by atoms with van der Waals surface area (Å²) in [6, 6.07) is 8.42. The van der Waals surface area contributed by atoms with E-state index in [0.717, 1.165) is 5.70 Å². The number of carbonyl (C=O) groups excluding carboxylic acids is 2. The molecule has 34 heteroatoms. The Hall–Kier alpha value is -4.93. The lowest BCUT2D eigenvalue weighted by Gasteiger charge is -2.46. The highest BCUT2D eigenvalue weighted by Gasteiger charge is 2.53. The van der Waals surface area contributed by atoms with Gasteiger partial charge in [-0.2, -0.15) is 33.7 Å². The smallest absolute Gasteiger partial charge is 0.405 e. The number of amides is 2. The first kappa shape index (κ1) is 73.1. The maximum Gasteiger partial charge on any atom is 0.405 e. The lowest BCUT2D eigenvalue weighted by atomic mass is 9.83. The topological polar surface area (TPSA) is 473 Å². The maximum absolute atomic E-state index is 12.9. The van der Waals surface area contributed by atoms with Crippen molar-refractivity contribution in [1.29, 1.82) is 0 Å². The molecule has 6 rings (SSSR count). The highest BCUT2D eigenvalue weighted by molar-refractivity contribution is 7.86. The van der Waals surface area contributed by atoms with Crippen LogP contribution in [0.3, 0.4) is 0 Å². The van der Waals surface area contributed by atoms with Gasteiger partial charge < -0.3 is 75.0 Å². The maximum atomic E-state index is 12.9. The van der Waals surface area contributed by atoms with Crippen molar-refractivity contribution in [3.8, 4) is 0 Å². The Bertz CT molecular complexity index is 3400. The van der Waals surface area contributed by atoms with Crippen LogP contribution in [0.1, 0.15) is 95.2 Å². The van der Waals surface area contributed by atoms with E-state index in [1.807, 2.05) is 29.4 Å². The summed E-state index contributed by atoms with van der Waals surface area (Å²) in [6.45, 7) is 4.48. The molecule has 11 atom stereocenters. The first-order valence-corrected chi connectivity index (χ1v) is 34.7. The number of nitrogens with zero attached hydrogens (tertiary/aromatic N) is 2. The molecule has 2 unspecified atom stereocenters. The molecule has 0 aliphatic carbocycles. The van der Waals surface area contributed by atoms with Crippen molar-refractivity contribution in [2.24, 2.45) is 5.73 Å². The molecule has 89 heavy (non-hydrogen) atoms. The minimum atomic E-state index is -4.68. The lowest BCUT2D eigenvalue weighted by molar-refractivity contribution is -0.610. The van der Waals surface area contributed by atoms with Crippen molar-refractivity contribution in [1.82, 2.24) is 5.32 Å². The van der Waals surface area contributed by atoms with Gasteiger partial charge in [0.1, 0.15) is 49.3 Å². The van der Waals surface area contributed by atoms with Crippen molar-refractivity contribution in [3.05, 3.63) is 89.2 Å². The number of unbranched alkanes of at least 4 members (excludes halogenated alkanes) is 4. The second-order valence-corrected chi connectivity index (χ2v) is 28.5. The predicted molar refractivity (Wildman–Crippen MR) is 315 cm³/mol. The van der Waals surface area contributed by atoms with Crippen LogP contribution >= 0.6 is 0 Å². The van der Waals surface area contributed by atoms with Gasteiger partial charge in [0.15, 0.2) is 24.2 Å². The molecule has 2 saturated heterocycles. The quantitative estimate of drug-likeness (QED) is 0.0196. The lowest BCUT2D eigenvalue weighted by Crippen LogP contribution is -2.65. The molecule has 0 spiro atoms. The van der Waals surface area contributed by atoms with Crippen molar-refractivity contribution in [3.63, 3.8) is 0 Å². The van der Waals surface area contributed by atoms with E-state index in [1.54, 1.807) is 37.3 Å². The minimum absolute atomic E-state index is 0.0342. The number of nitrogens with one attached hydrogen (secondary N) is 1. The van der Waals surface area contributed by atoms with E-state index in [0.29, 0.717) is 53.9 Å². The summed E-state index contributed by atoms with van der Waals surface area (Å²) in [6.07, 6.45) is -6.59. The minimum Gasteiger partial charge on any atom is -0.438 e. The summed E-state index contributed by atoms with van der Waals surface area (Å²) >= 11 is 0. The number of ether oxygens (including phenoxy) is 6. The van der Waals surface area contributed by atoms with E-state index < -0.39 is 144 Å². The number of fused-ring (bicyclic) bond motifs is 2. The highest BCUT2D eigenvalue weighted by Crippen LogP contribution is 2.49. The molecule has 0 saturated carbocycles. The number of nitrogens with two attached hydrogens (primary N) is 1. The number of carbonyl (C=O) groups is 2. The van der Waals surface area contributed by atoms with Crippen molar-refractivity contribution < 1.29 is 125 Å². The number of anilines is 1. The van der Waals surface area contributed by atoms with Gasteiger partial charge in [-0.25, -0.2) is 9.37 Å². The van der Waals surface area contributed by atoms with E-state index >= 15 is 0 Å². The molecular formula is C55H81N4O26S4+. The Kier molecular flexibility index (Phi) is 25.6. The molecule has 0 radical (unpaired) electrons. The third kappa shape index (κ3) is 19.3. The normalized spacial score (nSPS) is 27.0. The third-order valence-corrected chi connectivity index (χ3v) is 19.1. The van der Waals surface area contributed by atoms with Crippen LogP contribution in [0.5, 0.6) is 0 Å². The van der Waals surface area contributed by atoms with Crippen molar-refractivity contribution in [2.45, 2.75) is 161 Å². The molecule has 2 fully saturated rings. The van der Waals surface area contributed by atoms with Gasteiger partial charge >= 0.3 is 6.09 Å². The first-order chi connectivity index (χ1) is 41.6. The molecule has 2 amide bonds. The summed E-state index contributed by atoms with van der Waals surface area (Å²) in [5, 5.41) is 64.7. The molecule has 500 valence electrons. The first-order valence-electron chi connectivity index (χ1n) is 28.6. The van der Waals surface area contributed by atoms with E-state index in [2.05, 4.69) is 5.32 Å². The van der Waals surface area contributed by atoms with Crippen LogP contribution in [0.4, 0.5) is 10.5 Å². The van der Waals surface area contributed by atoms with Gasteiger partial charge in [0.05, 0.1) is 59.9 Å². The summed E-state index contributed by atoms with van der Waals surface area (Å²) < 4.78 is 170. The zero-order valence-electron chi connectivity index (χ0n) is 49.2. The number of rotatable bonds is 33. The largest absolute Gasteiger partial charge is 0.438 e. The van der Waals surface area contributed by atoms with E-state index in [1.165, 1.54) is 30.3 Å². The molecular weight excluding hydrogens is 1260 g/mol. The molecule has 4 aliphatic rings. The van der Waals surface area contributed by atoms with Crippen molar-refractivity contribution in [2.75, 3.05) is 69.1 Å². The molecule has 2 aromatic rings. The van der Waals surface area contributed by atoms with Gasteiger partial charge in [0.2, 0.25) is 11.6 Å². The van der Waals surface area contributed by atoms with Gasteiger partial charge in [0, 0.05) is 67.7 Å². The molecule has 4 aliphatic heterocycles. The fourth-order valence-corrected chi connectivity index (χ4v) is 13.4. The summed E-state index contributed by atoms with van der Waals surface area (Å²) in [5.41, 5.74) is 6.96. The summed E-state index contributed by atoms with van der Waals surface area (Å²) in [4.78, 5) is 25.8. The average molecular weight is 1340 g/mol. The Morgan fingerprint density at radius 3 is 1.90 bits per heavy atom. The van der Waals surface area contributed by atoms with Crippen LogP contribution in [0, 0.1) is 0 Å². The summed E-state index contributed by atoms with van der Waals surface area (Å²) in [7, 11) is -17.9. The molecule has 0 aromatic heterocycles. The highest BCUT2D eigenvalue weighted by atomic mass is 32.2. The Morgan fingerprint density at radius 2 is 1.29 bits per heavy atom. The Morgan fingerprint density at radius 1 is 0.697 bits per heavy atom. The number of aliphatic hydroxyl groups excluding tert-OH is 6. The van der Waals surface area contributed by atoms with Crippen LogP contribution in [0.2, 0.25) is 0 Å². The van der Waals surface area contributed by atoms with Gasteiger partial charge in [0.25, 0.3) is 40.5 Å². The van der Waals surface area contributed by atoms with Crippen LogP contribution in [-0.4, -0.2) is 230 Å². The van der Waals surface area contributed by atoms with Crippen LogP contribution in [-0.2, 0) is 84.6 Å².